The molecule has 0 radical (unpaired) electrons. The van der Waals surface area contributed by atoms with Crippen LogP contribution in [0.25, 0.3) is 11.4 Å². The van der Waals surface area contributed by atoms with Crippen molar-refractivity contribution in [2.45, 2.75) is 24.4 Å². The molecule has 2 aliphatic heterocycles. The van der Waals surface area contributed by atoms with Crippen molar-refractivity contribution >= 4 is 38.8 Å². The third-order valence-electron chi connectivity index (χ3n) is 6.16. The SMILES string of the molecule is CC(=O)Nc1ccccc1-c1ncc2c(n1)N1CCOCC1C(=O)N2Cc1ccc(S(C)(=O)=O)cc1. The predicted molar refractivity (Wildman–Crippen MR) is 134 cm³/mol. The van der Waals surface area contributed by atoms with Crippen LogP contribution >= 0.6 is 0 Å². The molecule has 0 aliphatic carbocycles. The molecule has 1 fully saturated rings. The van der Waals surface area contributed by atoms with Gasteiger partial charge in [0, 0.05) is 25.3 Å². The minimum atomic E-state index is -3.32. The van der Waals surface area contributed by atoms with E-state index in [9.17, 15) is 18.0 Å². The summed E-state index contributed by atoms with van der Waals surface area (Å²) in [6.07, 6.45) is 2.78. The van der Waals surface area contributed by atoms with Crippen molar-refractivity contribution in [3.8, 4) is 11.4 Å². The maximum absolute atomic E-state index is 13.5. The number of sulfone groups is 1. The highest BCUT2D eigenvalue weighted by Gasteiger charge is 2.41. The molecule has 0 spiro atoms. The quantitative estimate of drug-likeness (QED) is 0.558. The maximum atomic E-state index is 13.5. The van der Waals surface area contributed by atoms with Crippen molar-refractivity contribution in [2.24, 2.45) is 0 Å². The van der Waals surface area contributed by atoms with Crippen LogP contribution in [0.4, 0.5) is 17.2 Å². The van der Waals surface area contributed by atoms with E-state index < -0.39 is 15.9 Å². The zero-order chi connectivity index (χ0) is 25.4. The molecule has 2 aromatic carbocycles. The Balaban J connectivity index is 1.55. The summed E-state index contributed by atoms with van der Waals surface area (Å²) in [4.78, 5) is 38.3. The van der Waals surface area contributed by atoms with Crippen molar-refractivity contribution in [3.05, 3.63) is 60.3 Å². The van der Waals surface area contributed by atoms with E-state index in [2.05, 4.69) is 10.3 Å². The molecule has 3 heterocycles. The van der Waals surface area contributed by atoms with E-state index in [1.165, 1.54) is 19.1 Å². The lowest BCUT2D eigenvalue weighted by Crippen LogP contribution is -2.58. The highest BCUT2D eigenvalue weighted by Crippen LogP contribution is 2.38. The number of morpholine rings is 1. The van der Waals surface area contributed by atoms with Crippen LogP contribution in [-0.2, 0) is 30.7 Å². The third kappa shape index (κ3) is 4.54. The van der Waals surface area contributed by atoms with E-state index >= 15 is 0 Å². The molecule has 3 aromatic rings. The summed E-state index contributed by atoms with van der Waals surface area (Å²) in [5.41, 5.74) is 2.59. The lowest BCUT2D eigenvalue weighted by molar-refractivity contribution is -0.122. The first-order valence-electron chi connectivity index (χ1n) is 11.4. The topological polar surface area (TPSA) is 122 Å². The molecule has 1 aromatic heterocycles. The van der Waals surface area contributed by atoms with Crippen molar-refractivity contribution in [2.75, 3.05) is 41.1 Å². The first-order valence-corrected chi connectivity index (χ1v) is 13.3. The van der Waals surface area contributed by atoms with Gasteiger partial charge >= 0.3 is 0 Å². The second-order valence-electron chi connectivity index (χ2n) is 8.75. The predicted octanol–water partition coefficient (Wildman–Crippen LogP) is 2.26. The number of nitrogens with one attached hydrogen (secondary N) is 1. The number of rotatable bonds is 5. The van der Waals surface area contributed by atoms with E-state index in [1.807, 2.05) is 23.1 Å². The third-order valence-corrected chi connectivity index (χ3v) is 7.29. The number of anilines is 3. The smallest absolute Gasteiger partial charge is 0.252 e. The Hall–Kier alpha value is -3.83. The van der Waals surface area contributed by atoms with Gasteiger partial charge in [-0.25, -0.2) is 18.4 Å². The van der Waals surface area contributed by atoms with Gasteiger partial charge in [-0.3, -0.25) is 9.59 Å². The van der Waals surface area contributed by atoms with Gasteiger partial charge in [-0.1, -0.05) is 24.3 Å². The van der Waals surface area contributed by atoms with Crippen LogP contribution in [0, 0.1) is 0 Å². The molecule has 10 nitrogen and oxygen atoms in total. The number of benzene rings is 2. The number of nitrogens with zero attached hydrogens (tertiary/aromatic N) is 4. The monoisotopic (exact) mass is 507 g/mol. The van der Waals surface area contributed by atoms with Crippen molar-refractivity contribution in [3.63, 3.8) is 0 Å². The number of aromatic nitrogens is 2. The van der Waals surface area contributed by atoms with E-state index in [-0.39, 0.29) is 29.9 Å². The highest BCUT2D eigenvalue weighted by atomic mass is 32.2. The summed E-state index contributed by atoms with van der Waals surface area (Å²) >= 11 is 0. The summed E-state index contributed by atoms with van der Waals surface area (Å²) in [6.45, 7) is 2.88. The molecular formula is C25H25N5O5S. The van der Waals surface area contributed by atoms with Crippen LogP contribution in [0.1, 0.15) is 12.5 Å². The number of fused-ring (bicyclic) bond motifs is 3. The summed E-state index contributed by atoms with van der Waals surface area (Å²) in [6, 6.07) is 13.2. The molecule has 1 atom stereocenters. The fourth-order valence-electron chi connectivity index (χ4n) is 4.42. The summed E-state index contributed by atoms with van der Waals surface area (Å²) in [7, 11) is -3.32. The second-order valence-corrected chi connectivity index (χ2v) is 10.8. The van der Waals surface area contributed by atoms with Gasteiger partial charge in [-0.05, 0) is 29.8 Å². The minimum Gasteiger partial charge on any atom is -0.377 e. The Labute approximate surface area is 208 Å². The molecule has 0 bridgehead atoms. The summed E-state index contributed by atoms with van der Waals surface area (Å²) in [5, 5.41) is 2.81. The Morgan fingerprint density at radius 2 is 1.92 bits per heavy atom. The molecule has 2 amide bonds. The van der Waals surface area contributed by atoms with Crippen LogP contribution in [0.5, 0.6) is 0 Å². The maximum Gasteiger partial charge on any atom is 0.252 e. The molecule has 36 heavy (non-hydrogen) atoms. The van der Waals surface area contributed by atoms with Gasteiger partial charge in [-0.15, -0.1) is 0 Å². The molecule has 1 N–H and O–H groups in total. The molecule has 11 heteroatoms. The number of carbonyl (C=O) groups is 2. The zero-order valence-electron chi connectivity index (χ0n) is 19.8. The molecular weight excluding hydrogens is 482 g/mol. The van der Waals surface area contributed by atoms with Crippen LogP contribution in [0.2, 0.25) is 0 Å². The van der Waals surface area contributed by atoms with Crippen LogP contribution in [0.3, 0.4) is 0 Å². The van der Waals surface area contributed by atoms with Gasteiger partial charge in [-0.2, -0.15) is 0 Å². The number of amides is 2. The average Bonchev–Trinajstić information content (AvgIpc) is 2.86. The van der Waals surface area contributed by atoms with Gasteiger partial charge in [0.25, 0.3) is 5.91 Å². The lowest BCUT2D eigenvalue weighted by atomic mass is 10.1. The average molecular weight is 508 g/mol. The Morgan fingerprint density at radius 3 is 2.64 bits per heavy atom. The number of hydrogen-bond acceptors (Lipinski definition) is 8. The Morgan fingerprint density at radius 1 is 1.17 bits per heavy atom. The van der Waals surface area contributed by atoms with Crippen molar-refractivity contribution < 1.29 is 22.7 Å². The first kappa shape index (κ1) is 23.9. The molecule has 2 aliphatic rings. The fourth-order valence-corrected chi connectivity index (χ4v) is 5.05. The number of hydrogen-bond donors (Lipinski definition) is 1. The normalized spacial score (nSPS) is 17.4. The second kappa shape index (κ2) is 9.32. The Bertz CT molecular complexity index is 1440. The van der Waals surface area contributed by atoms with Gasteiger partial charge in [0.15, 0.2) is 21.5 Å². The van der Waals surface area contributed by atoms with Crippen molar-refractivity contribution in [1.29, 1.82) is 0 Å². The summed E-state index contributed by atoms with van der Waals surface area (Å²) in [5.74, 6) is 0.699. The Kier molecular flexibility index (Phi) is 6.19. The summed E-state index contributed by atoms with van der Waals surface area (Å²) < 4.78 is 29.2. The van der Waals surface area contributed by atoms with E-state index in [4.69, 9.17) is 9.72 Å². The number of carbonyl (C=O) groups excluding carboxylic acids is 2. The standard InChI is InChI=1S/C25H25N5O5S/c1-16(31)27-20-6-4-3-5-19(20)23-26-13-21-24(28-23)29-11-12-35-15-22(29)25(32)30(21)14-17-7-9-18(10-8-17)36(2,33)34/h3-10,13,22H,11-12,14-15H2,1-2H3,(H,27,31). The largest absolute Gasteiger partial charge is 0.377 e. The molecule has 0 saturated carbocycles. The van der Waals surface area contributed by atoms with Crippen LogP contribution < -0.4 is 15.1 Å². The number of ether oxygens (including phenoxy) is 1. The zero-order valence-corrected chi connectivity index (χ0v) is 20.7. The van der Waals surface area contributed by atoms with Crippen LogP contribution in [-0.4, -0.2) is 62.3 Å². The van der Waals surface area contributed by atoms with Gasteiger partial charge in [0.1, 0.15) is 11.7 Å². The van der Waals surface area contributed by atoms with Crippen molar-refractivity contribution in [1.82, 2.24) is 9.97 Å². The fraction of sp³-hybridized carbons (Fsp3) is 0.280. The first-order chi connectivity index (χ1) is 17.2. The molecule has 1 saturated heterocycles. The lowest BCUT2D eigenvalue weighted by Gasteiger charge is -2.44. The van der Waals surface area contributed by atoms with Crippen LogP contribution in [0.15, 0.2) is 59.6 Å². The minimum absolute atomic E-state index is 0.135. The van der Waals surface area contributed by atoms with E-state index in [0.717, 1.165) is 11.8 Å². The van der Waals surface area contributed by atoms with E-state index in [0.29, 0.717) is 41.7 Å². The van der Waals surface area contributed by atoms with Gasteiger partial charge in [0.2, 0.25) is 5.91 Å². The molecule has 5 rings (SSSR count). The van der Waals surface area contributed by atoms with Gasteiger partial charge < -0.3 is 19.9 Å². The van der Waals surface area contributed by atoms with E-state index in [1.54, 1.807) is 29.3 Å². The molecule has 186 valence electrons. The number of para-hydroxylation sites is 1. The highest BCUT2D eigenvalue weighted by molar-refractivity contribution is 7.90. The molecule has 1 unspecified atom stereocenters. The van der Waals surface area contributed by atoms with Gasteiger partial charge in [0.05, 0.1) is 36.5 Å².